The van der Waals surface area contributed by atoms with Crippen molar-refractivity contribution in [2.45, 2.75) is 131 Å². The first-order valence-corrected chi connectivity index (χ1v) is 22.3. The Labute approximate surface area is 334 Å². The maximum absolute atomic E-state index is 14.8. The van der Waals surface area contributed by atoms with Gasteiger partial charge in [-0.1, -0.05) is 91.9 Å². The summed E-state index contributed by atoms with van der Waals surface area (Å²) in [5.41, 5.74) is 3.05. The second-order valence-electron chi connectivity index (χ2n) is 16.8. The maximum atomic E-state index is 14.8. The number of alkyl carbamates (subject to hydrolysis) is 1. The Hall–Kier alpha value is -4.72. The van der Waals surface area contributed by atoms with Crippen molar-refractivity contribution in [2.24, 2.45) is 17.0 Å². The number of sulfonamides is 1. The smallest absolute Gasteiger partial charge is 0.408 e. The molecule has 0 bridgehead atoms. The molecule has 13 nitrogen and oxygen atoms in total. The van der Waals surface area contributed by atoms with E-state index in [2.05, 4.69) is 27.1 Å². The number of allylic oxidation sites excluding steroid dienone is 1. The Bertz CT molecular complexity index is 1990. The average Bonchev–Trinajstić information content (AvgIpc) is 4.03. The molecule has 0 unspecified atom stereocenters. The molecule has 57 heavy (non-hydrogen) atoms. The van der Waals surface area contributed by atoms with E-state index in [-0.39, 0.29) is 37.3 Å². The lowest BCUT2D eigenvalue weighted by atomic mass is 9.84. The second kappa shape index (κ2) is 16.3. The lowest BCUT2D eigenvalue weighted by Crippen LogP contribution is -2.58. The van der Waals surface area contributed by atoms with Crippen LogP contribution in [0.25, 0.3) is 11.1 Å². The molecule has 4 amide bonds. The maximum Gasteiger partial charge on any atom is 0.408 e. The molecule has 6 aliphatic rings. The Balaban J connectivity index is 1.07. The van der Waals surface area contributed by atoms with Crippen molar-refractivity contribution in [3.63, 3.8) is 0 Å². The summed E-state index contributed by atoms with van der Waals surface area (Å²) in [6, 6.07) is 13.8. The molecule has 3 N–H and O–H groups in total. The number of carbonyl (C=O) groups excluding carboxylic acids is 4. The molecule has 0 radical (unpaired) electrons. The van der Waals surface area contributed by atoms with Crippen LogP contribution in [0.4, 0.5) is 4.79 Å². The van der Waals surface area contributed by atoms with Crippen LogP contribution >= 0.6 is 0 Å². The molecule has 5 fully saturated rings. The van der Waals surface area contributed by atoms with Gasteiger partial charge in [0.1, 0.15) is 35.5 Å². The van der Waals surface area contributed by atoms with Gasteiger partial charge in [0.05, 0.1) is 11.8 Å². The zero-order chi connectivity index (χ0) is 39.7. The zero-order valence-corrected chi connectivity index (χ0v) is 33.1. The standard InChI is InChI=1S/C43H53N5O8S/c1-2-12-28-25-43(28,41(51)47-57(53,54)31-21-22-31)45-39(49)37-24-30(56-46-38-34-19-10-8-17-32(34)33-18-9-11-20-35(33)38)26-48(37)40(50)36(23-27-13-4-3-5-14-27)44-42(52)55-29-15-6-7-16-29/h2,8-11,17-20,27-31,36-37H,1,3-7,12-16,21-26H2,(H,44,52)(H,45,49)(H,47,51)/t28-,30-,36+,37+,43-/m1/s1. The number of benzene rings is 2. The van der Waals surface area contributed by atoms with E-state index in [0.29, 0.717) is 31.4 Å². The highest BCUT2D eigenvalue weighted by molar-refractivity contribution is 7.91. The number of fused-ring (bicyclic) bond motifs is 3. The van der Waals surface area contributed by atoms with E-state index < -0.39 is 62.8 Å². The fourth-order valence-corrected chi connectivity index (χ4v) is 10.7. The van der Waals surface area contributed by atoms with Crippen LogP contribution in [0, 0.1) is 11.8 Å². The van der Waals surface area contributed by atoms with Gasteiger partial charge in [-0.15, -0.1) is 6.58 Å². The van der Waals surface area contributed by atoms with Gasteiger partial charge in [0.2, 0.25) is 21.8 Å². The quantitative estimate of drug-likeness (QED) is 0.142. The van der Waals surface area contributed by atoms with Gasteiger partial charge in [0.25, 0.3) is 5.91 Å². The van der Waals surface area contributed by atoms with E-state index in [1.54, 1.807) is 6.08 Å². The first-order chi connectivity index (χ1) is 27.6. The molecule has 5 atom stereocenters. The third kappa shape index (κ3) is 8.33. The highest BCUT2D eigenvalue weighted by atomic mass is 32.2. The van der Waals surface area contributed by atoms with Gasteiger partial charge in [-0.2, -0.15) is 0 Å². The van der Waals surface area contributed by atoms with Gasteiger partial charge in [-0.3, -0.25) is 19.1 Å². The summed E-state index contributed by atoms with van der Waals surface area (Å²) in [5, 5.41) is 9.82. The zero-order valence-electron chi connectivity index (χ0n) is 32.3. The Morgan fingerprint density at radius 2 is 1.51 bits per heavy atom. The number of rotatable bonds is 14. The molecule has 0 spiro atoms. The molecule has 0 aromatic heterocycles. The van der Waals surface area contributed by atoms with Crippen molar-refractivity contribution in [1.82, 2.24) is 20.3 Å². The molecule has 1 heterocycles. The molecule has 304 valence electrons. The van der Waals surface area contributed by atoms with Crippen LogP contribution in [-0.4, -0.2) is 84.5 Å². The second-order valence-corrected chi connectivity index (χ2v) is 18.8. The molecule has 2 aromatic rings. The van der Waals surface area contributed by atoms with Gasteiger partial charge in [-0.25, -0.2) is 13.2 Å². The molecular formula is C43H53N5O8S. The van der Waals surface area contributed by atoms with Crippen molar-refractivity contribution < 1.29 is 37.2 Å². The normalized spacial score (nSPS) is 26.1. The van der Waals surface area contributed by atoms with Gasteiger partial charge in [-0.05, 0) is 80.8 Å². The Morgan fingerprint density at radius 3 is 2.14 bits per heavy atom. The minimum Gasteiger partial charge on any atom is -0.446 e. The van der Waals surface area contributed by atoms with Crippen molar-refractivity contribution in [3.05, 3.63) is 72.3 Å². The van der Waals surface area contributed by atoms with Crippen LogP contribution in [0.1, 0.15) is 107 Å². The summed E-state index contributed by atoms with van der Waals surface area (Å²) in [5.74, 6) is -1.98. The fourth-order valence-electron chi connectivity index (χ4n) is 9.39. The number of ether oxygens (including phenoxy) is 1. The van der Waals surface area contributed by atoms with Crippen LogP contribution in [0.3, 0.4) is 0 Å². The van der Waals surface area contributed by atoms with E-state index in [9.17, 15) is 27.6 Å². The van der Waals surface area contributed by atoms with Gasteiger partial charge in [0.15, 0.2) is 0 Å². The van der Waals surface area contributed by atoms with Crippen LogP contribution in [0.15, 0.2) is 66.3 Å². The third-order valence-corrected chi connectivity index (χ3v) is 14.6. The molecule has 1 saturated heterocycles. The number of nitrogens with one attached hydrogen (secondary N) is 3. The number of likely N-dealkylation sites (tertiary alicyclic amines) is 1. The van der Waals surface area contributed by atoms with Crippen LogP contribution < -0.4 is 15.4 Å². The van der Waals surface area contributed by atoms with Crippen LogP contribution in [0.2, 0.25) is 0 Å². The van der Waals surface area contributed by atoms with Crippen LogP contribution in [0.5, 0.6) is 0 Å². The minimum atomic E-state index is -3.89. The molecule has 14 heteroatoms. The number of nitrogens with zero attached hydrogens (tertiary/aromatic N) is 2. The summed E-state index contributed by atoms with van der Waals surface area (Å²) < 4.78 is 33.7. The Morgan fingerprint density at radius 1 is 0.877 bits per heavy atom. The molecule has 5 aliphatic carbocycles. The first kappa shape index (κ1) is 39.1. The number of hydrogen-bond acceptors (Lipinski definition) is 9. The lowest BCUT2D eigenvalue weighted by Gasteiger charge is -2.32. The van der Waals surface area contributed by atoms with Gasteiger partial charge < -0.3 is 25.1 Å². The molecule has 4 saturated carbocycles. The fraction of sp³-hybridized carbons (Fsp3) is 0.558. The van der Waals surface area contributed by atoms with E-state index in [1.165, 1.54) is 4.90 Å². The van der Waals surface area contributed by atoms with E-state index >= 15 is 0 Å². The molecule has 1 aliphatic heterocycles. The highest BCUT2D eigenvalue weighted by Gasteiger charge is 2.62. The SMILES string of the molecule is C=CC[C@@H]1C[C@]1(NC(=O)[C@@H]1C[C@@H](ON=C2c3ccccc3-c3ccccc32)CN1C(=O)[C@H](CC1CCCCC1)NC(=O)OC1CCCC1)C(=O)NS(=O)(=O)C1CC1. The van der Waals surface area contributed by atoms with Crippen LogP contribution in [-0.2, 0) is 34.0 Å². The summed E-state index contributed by atoms with van der Waals surface area (Å²) in [6.45, 7) is 3.80. The minimum absolute atomic E-state index is 0.00283. The number of hydrogen-bond donors (Lipinski definition) is 3. The summed E-state index contributed by atoms with van der Waals surface area (Å²) in [7, 11) is -3.89. The number of oxime groups is 1. The van der Waals surface area contributed by atoms with E-state index in [1.807, 2.05) is 48.5 Å². The van der Waals surface area contributed by atoms with Crippen molar-refractivity contribution in [2.75, 3.05) is 6.54 Å². The summed E-state index contributed by atoms with van der Waals surface area (Å²) >= 11 is 0. The monoisotopic (exact) mass is 799 g/mol. The van der Waals surface area contributed by atoms with Crippen molar-refractivity contribution in [1.29, 1.82) is 0 Å². The third-order valence-electron chi connectivity index (χ3n) is 12.8. The van der Waals surface area contributed by atoms with E-state index in [0.717, 1.165) is 80.0 Å². The molecule has 8 rings (SSSR count). The van der Waals surface area contributed by atoms with Crippen molar-refractivity contribution >= 4 is 39.5 Å². The first-order valence-electron chi connectivity index (χ1n) is 20.8. The van der Waals surface area contributed by atoms with E-state index in [4.69, 9.17) is 9.57 Å². The largest absolute Gasteiger partial charge is 0.446 e. The Kier molecular flexibility index (Phi) is 11.2. The molecule has 2 aromatic carbocycles. The van der Waals surface area contributed by atoms with Crippen molar-refractivity contribution in [3.8, 4) is 11.1 Å². The lowest BCUT2D eigenvalue weighted by molar-refractivity contribution is -0.141. The molecular weight excluding hydrogens is 747 g/mol. The average molecular weight is 800 g/mol. The van der Waals surface area contributed by atoms with Gasteiger partial charge >= 0.3 is 6.09 Å². The highest BCUT2D eigenvalue weighted by Crippen LogP contribution is 2.47. The predicted octanol–water partition coefficient (Wildman–Crippen LogP) is 5.47. The topological polar surface area (TPSA) is 173 Å². The van der Waals surface area contributed by atoms with Gasteiger partial charge in [0, 0.05) is 17.5 Å². The number of carbonyl (C=O) groups is 4. The summed E-state index contributed by atoms with van der Waals surface area (Å²) in [6.07, 6.45) is 10.7. The predicted molar refractivity (Wildman–Crippen MR) is 213 cm³/mol. The summed E-state index contributed by atoms with van der Waals surface area (Å²) in [4.78, 5) is 64.0. The number of amides is 4.